The number of hydrogen-bond donors (Lipinski definition) is 2. The quantitative estimate of drug-likeness (QED) is 0.651. The fourth-order valence-electron chi connectivity index (χ4n) is 2.07. The third kappa shape index (κ3) is 4.46. The Morgan fingerprint density at radius 3 is 2.71 bits per heavy atom. The normalized spacial score (nSPS) is 12.7. The Bertz CT molecular complexity index is 617. The molecule has 0 saturated carbocycles. The molecule has 3 N–H and O–H groups in total. The average Bonchev–Trinajstić information content (AvgIpc) is 2.96. The van der Waals surface area contributed by atoms with Crippen LogP contribution in [0, 0.1) is 5.92 Å². The zero-order valence-electron chi connectivity index (χ0n) is 12.2. The number of nitrogen functional groups attached to an aromatic ring is 1. The molecule has 0 spiro atoms. The molecule has 0 aliphatic rings. The first-order valence-electron chi connectivity index (χ1n) is 6.94. The van der Waals surface area contributed by atoms with Crippen LogP contribution in [0.5, 0.6) is 0 Å². The summed E-state index contributed by atoms with van der Waals surface area (Å²) in [6, 6.07) is 11.5. The Morgan fingerprint density at radius 2 is 2.10 bits per heavy atom. The maximum absolute atomic E-state index is 12.1. The lowest BCUT2D eigenvalue weighted by Crippen LogP contribution is -2.29. The molecule has 110 valence electrons. The van der Waals surface area contributed by atoms with Gasteiger partial charge < -0.3 is 11.1 Å². The number of nitrogens with two attached hydrogens (primary N) is 1. The minimum atomic E-state index is -0.0930. The molecule has 0 saturated heterocycles. The largest absolute Gasteiger partial charge is 0.399 e. The number of rotatable bonds is 5. The van der Waals surface area contributed by atoms with Crippen molar-refractivity contribution in [3.8, 4) is 0 Å². The lowest BCUT2D eigenvalue weighted by molar-refractivity contribution is -0.117. The van der Waals surface area contributed by atoms with Gasteiger partial charge in [0.1, 0.15) is 0 Å². The molecular formula is C17H20N2OS. The van der Waals surface area contributed by atoms with Crippen molar-refractivity contribution in [3.63, 3.8) is 0 Å². The lowest BCUT2D eigenvalue weighted by Gasteiger charge is -2.20. The molecule has 0 aliphatic heterocycles. The highest BCUT2D eigenvalue weighted by Gasteiger charge is 2.17. The van der Waals surface area contributed by atoms with Gasteiger partial charge in [0.05, 0.1) is 6.04 Å². The second-order valence-corrected chi connectivity index (χ2v) is 6.23. The molecule has 3 nitrogen and oxygen atoms in total. The molecule has 1 atom stereocenters. The highest BCUT2D eigenvalue weighted by molar-refractivity contribution is 7.10. The van der Waals surface area contributed by atoms with Crippen molar-refractivity contribution >= 4 is 29.0 Å². The van der Waals surface area contributed by atoms with Gasteiger partial charge in [0.25, 0.3) is 0 Å². The summed E-state index contributed by atoms with van der Waals surface area (Å²) in [5.41, 5.74) is 7.33. The standard InChI is InChI=1S/C17H20N2OS/c1-12(2)17(15-7-4-10-21-15)19-16(20)9-8-13-5-3-6-14(18)11-13/h3-12,17H,18H2,1-2H3,(H,19,20)/b9-8+. The summed E-state index contributed by atoms with van der Waals surface area (Å²) in [6.45, 7) is 4.21. The Kier molecular flexibility index (Phi) is 5.17. The monoisotopic (exact) mass is 300 g/mol. The third-order valence-electron chi connectivity index (χ3n) is 3.15. The Balaban J connectivity index is 2.03. The maximum atomic E-state index is 12.1. The molecule has 1 unspecified atom stereocenters. The predicted molar refractivity (Wildman–Crippen MR) is 89.9 cm³/mol. The molecule has 0 radical (unpaired) electrons. The highest BCUT2D eigenvalue weighted by atomic mass is 32.1. The number of benzene rings is 1. The summed E-state index contributed by atoms with van der Waals surface area (Å²) >= 11 is 1.66. The van der Waals surface area contributed by atoms with E-state index in [0.717, 1.165) is 5.56 Å². The number of amides is 1. The van der Waals surface area contributed by atoms with Crippen LogP contribution in [0.3, 0.4) is 0 Å². The fourth-order valence-corrected chi connectivity index (χ4v) is 3.02. The SMILES string of the molecule is CC(C)C(NC(=O)/C=C/c1cccc(N)c1)c1cccs1. The molecule has 0 bridgehead atoms. The van der Waals surface area contributed by atoms with Gasteiger partial charge in [-0.1, -0.05) is 32.0 Å². The summed E-state index contributed by atoms with van der Waals surface area (Å²) in [7, 11) is 0. The van der Waals surface area contributed by atoms with Crippen LogP contribution in [0.2, 0.25) is 0 Å². The van der Waals surface area contributed by atoms with E-state index < -0.39 is 0 Å². The number of nitrogens with one attached hydrogen (secondary N) is 1. The summed E-state index contributed by atoms with van der Waals surface area (Å²) in [5.74, 6) is 0.248. The molecule has 0 aliphatic carbocycles. The Labute approximate surface area is 129 Å². The van der Waals surface area contributed by atoms with Gasteiger partial charge in [-0.05, 0) is 41.1 Å². The molecule has 4 heteroatoms. The number of carbonyl (C=O) groups is 1. The third-order valence-corrected chi connectivity index (χ3v) is 4.11. The van der Waals surface area contributed by atoms with E-state index in [0.29, 0.717) is 11.6 Å². The minimum absolute atomic E-state index is 0.0444. The van der Waals surface area contributed by atoms with Crippen LogP contribution >= 0.6 is 11.3 Å². The molecule has 1 amide bonds. The van der Waals surface area contributed by atoms with Gasteiger partial charge >= 0.3 is 0 Å². The van der Waals surface area contributed by atoms with Crippen molar-refractivity contribution in [1.29, 1.82) is 0 Å². The second kappa shape index (κ2) is 7.09. The summed E-state index contributed by atoms with van der Waals surface area (Å²) in [5, 5.41) is 5.08. The molecular weight excluding hydrogens is 280 g/mol. The highest BCUT2D eigenvalue weighted by Crippen LogP contribution is 2.25. The Morgan fingerprint density at radius 1 is 1.29 bits per heavy atom. The van der Waals surface area contributed by atoms with Crippen LogP contribution < -0.4 is 11.1 Å². The van der Waals surface area contributed by atoms with E-state index in [-0.39, 0.29) is 11.9 Å². The van der Waals surface area contributed by atoms with Crippen molar-refractivity contribution in [1.82, 2.24) is 5.32 Å². The van der Waals surface area contributed by atoms with Crippen molar-refractivity contribution in [2.75, 3.05) is 5.73 Å². The first kappa shape index (κ1) is 15.3. The van der Waals surface area contributed by atoms with E-state index in [1.165, 1.54) is 4.88 Å². The average molecular weight is 300 g/mol. The number of thiophene rings is 1. The van der Waals surface area contributed by atoms with Crippen LogP contribution in [0.4, 0.5) is 5.69 Å². The van der Waals surface area contributed by atoms with Crippen LogP contribution in [0.15, 0.2) is 47.9 Å². The molecule has 21 heavy (non-hydrogen) atoms. The van der Waals surface area contributed by atoms with Crippen LogP contribution in [0.1, 0.15) is 30.3 Å². The molecule has 2 rings (SSSR count). The minimum Gasteiger partial charge on any atom is -0.399 e. The van der Waals surface area contributed by atoms with Crippen molar-refractivity contribution < 1.29 is 4.79 Å². The first-order chi connectivity index (χ1) is 10.1. The molecule has 2 aromatic rings. The van der Waals surface area contributed by atoms with Gasteiger partial charge in [0.15, 0.2) is 0 Å². The van der Waals surface area contributed by atoms with E-state index in [2.05, 4.69) is 25.2 Å². The smallest absolute Gasteiger partial charge is 0.244 e. The fraction of sp³-hybridized carbons (Fsp3) is 0.235. The topological polar surface area (TPSA) is 55.1 Å². The first-order valence-corrected chi connectivity index (χ1v) is 7.82. The van der Waals surface area contributed by atoms with Crippen LogP contribution in [0.25, 0.3) is 6.08 Å². The number of carbonyl (C=O) groups excluding carboxylic acids is 1. The van der Waals surface area contributed by atoms with E-state index in [9.17, 15) is 4.79 Å². The van der Waals surface area contributed by atoms with Gasteiger partial charge in [0.2, 0.25) is 5.91 Å². The predicted octanol–water partition coefficient (Wildman–Crippen LogP) is 3.86. The van der Waals surface area contributed by atoms with Crippen LogP contribution in [-0.4, -0.2) is 5.91 Å². The van der Waals surface area contributed by atoms with E-state index in [1.54, 1.807) is 23.5 Å². The Hall–Kier alpha value is -2.07. The van der Waals surface area contributed by atoms with E-state index >= 15 is 0 Å². The second-order valence-electron chi connectivity index (χ2n) is 5.25. The lowest BCUT2D eigenvalue weighted by atomic mass is 10.0. The summed E-state index contributed by atoms with van der Waals surface area (Å²) < 4.78 is 0. The van der Waals surface area contributed by atoms with Crippen LogP contribution in [-0.2, 0) is 4.79 Å². The summed E-state index contributed by atoms with van der Waals surface area (Å²) in [4.78, 5) is 13.3. The number of anilines is 1. The van der Waals surface area contributed by atoms with Gasteiger partial charge in [0, 0.05) is 16.6 Å². The van der Waals surface area contributed by atoms with Gasteiger partial charge in [-0.15, -0.1) is 11.3 Å². The van der Waals surface area contributed by atoms with Gasteiger partial charge in [-0.2, -0.15) is 0 Å². The van der Waals surface area contributed by atoms with E-state index in [1.807, 2.05) is 35.7 Å². The molecule has 1 heterocycles. The van der Waals surface area contributed by atoms with Gasteiger partial charge in [-0.25, -0.2) is 0 Å². The zero-order valence-corrected chi connectivity index (χ0v) is 13.1. The molecule has 0 fully saturated rings. The number of hydrogen-bond acceptors (Lipinski definition) is 3. The molecule has 1 aromatic heterocycles. The van der Waals surface area contributed by atoms with Crippen molar-refractivity contribution in [2.24, 2.45) is 5.92 Å². The van der Waals surface area contributed by atoms with Gasteiger partial charge in [-0.3, -0.25) is 4.79 Å². The van der Waals surface area contributed by atoms with Crippen molar-refractivity contribution in [2.45, 2.75) is 19.9 Å². The summed E-state index contributed by atoms with van der Waals surface area (Å²) in [6.07, 6.45) is 3.33. The van der Waals surface area contributed by atoms with Crippen molar-refractivity contribution in [3.05, 3.63) is 58.3 Å². The zero-order chi connectivity index (χ0) is 15.2. The van der Waals surface area contributed by atoms with E-state index in [4.69, 9.17) is 5.73 Å². The molecule has 1 aromatic carbocycles. The maximum Gasteiger partial charge on any atom is 0.244 e.